The maximum Gasteiger partial charge on any atom is 0.0555 e. The molecule has 2 heteroatoms. The summed E-state index contributed by atoms with van der Waals surface area (Å²) in [7, 11) is 0. The van der Waals surface area contributed by atoms with Crippen molar-refractivity contribution in [3.05, 3.63) is 24.5 Å². The number of hydrogen-bond acceptors (Lipinski definition) is 2. The van der Waals surface area contributed by atoms with Crippen LogP contribution in [0.25, 0.3) is 0 Å². The van der Waals surface area contributed by atoms with Gasteiger partial charge in [0.2, 0.25) is 0 Å². The third-order valence-electron chi connectivity index (χ3n) is 2.53. The maximum absolute atomic E-state index is 4.12. The van der Waals surface area contributed by atoms with Crippen LogP contribution >= 0.6 is 0 Å². The van der Waals surface area contributed by atoms with Crippen molar-refractivity contribution in [1.82, 2.24) is 4.98 Å². The fourth-order valence-corrected chi connectivity index (χ4v) is 1.84. The maximum atomic E-state index is 4.12. The number of nitrogens with zero attached hydrogens (tertiary/aromatic N) is 2. The van der Waals surface area contributed by atoms with E-state index in [1.165, 1.54) is 25.1 Å². The Hall–Kier alpha value is -1.05. The lowest BCUT2D eigenvalue weighted by molar-refractivity contribution is 0.734. The molecule has 2 nitrogen and oxygen atoms in total. The molecule has 1 saturated heterocycles. The molecule has 0 radical (unpaired) electrons. The van der Waals surface area contributed by atoms with E-state index in [9.17, 15) is 0 Å². The minimum Gasteiger partial charge on any atom is -0.368 e. The van der Waals surface area contributed by atoms with E-state index in [1.807, 2.05) is 18.5 Å². The number of aromatic nitrogens is 1. The van der Waals surface area contributed by atoms with Gasteiger partial charge in [-0.3, -0.25) is 4.98 Å². The Morgan fingerprint density at radius 2 is 2.50 bits per heavy atom. The van der Waals surface area contributed by atoms with Gasteiger partial charge < -0.3 is 4.90 Å². The highest BCUT2D eigenvalue weighted by molar-refractivity contribution is 5.45. The summed E-state index contributed by atoms with van der Waals surface area (Å²) < 4.78 is 0. The molecule has 1 aliphatic heterocycles. The van der Waals surface area contributed by atoms with Crippen molar-refractivity contribution in [2.24, 2.45) is 0 Å². The molecule has 64 valence electrons. The van der Waals surface area contributed by atoms with Crippen molar-refractivity contribution in [1.29, 1.82) is 0 Å². The average molecular weight is 162 g/mol. The van der Waals surface area contributed by atoms with E-state index in [2.05, 4.69) is 22.9 Å². The minimum absolute atomic E-state index is 0.689. The van der Waals surface area contributed by atoms with E-state index in [-0.39, 0.29) is 0 Å². The van der Waals surface area contributed by atoms with Gasteiger partial charge in [-0.05, 0) is 31.9 Å². The average Bonchev–Trinajstić information content (AvgIpc) is 2.53. The Morgan fingerprint density at radius 3 is 3.08 bits per heavy atom. The van der Waals surface area contributed by atoms with Gasteiger partial charge >= 0.3 is 0 Å². The van der Waals surface area contributed by atoms with Crippen molar-refractivity contribution in [2.75, 3.05) is 11.4 Å². The molecule has 1 fully saturated rings. The Labute approximate surface area is 73.2 Å². The third kappa shape index (κ3) is 1.29. The highest BCUT2D eigenvalue weighted by Gasteiger charge is 2.19. The molecule has 1 atom stereocenters. The van der Waals surface area contributed by atoms with Gasteiger partial charge in [-0.15, -0.1) is 0 Å². The summed E-state index contributed by atoms with van der Waals surface area (Å²) in [5.41, 5.74) is 1.27. The van der Waals surface area contributed by atoms with Crippen molar-refractivity contribution in [2.45, 2.75) is 25.8 Å². The first-order chi connectivity index (χ1) is 5.88. The fourth-order valence-electron chi connectivity index (χ4n) is 1.84. The molecule has 0 N–H and O–H groups in total. The van der Waals surface area contributed by atoms with E-state index in [0.29, 0.717) is 6.04 Å². The lowest BCUT2D eigenvalue weighted by atomic mass is 10.2. The van der Waals surface area contributed by atoms with Gasteiger partial charge in [-0.2, -0.15) is 0 Å². The summed E-state index contributed by atoms with van der Waals surface area (Å²) in [5.74, 6) is 0. The zero-order chi connectivity index (χ0) is 8.39. The molecule has 1 aromatic heterocycles. The predicted octanol–water partition coefficient (Wildman–Crippen LogP) is 2.07. The summed E-state index contributed by atoms with van der Waals surface area (Å²) in [4.78, 5) is 6.55. The Morgan fingerprint density at radius 1 is 1.58 bits per heavy atom. The first kappa shape index (κ1) is 7.59. The summed E-state index contributed by atoms with van der Waals surface area (Å²) in [6.07, 6.45) is 6.40. The Kier molecular flexibility index (Phi) is 1.98. The van der Waals surface area contributed by atoms with Crippen molar-refractivity contribution in [3.63, 3.8) is 0 Å². The Bertz CT molecular complexity index is 245. The van der Waals surface area contributed by atoms with Crippen molar-refractivity contribution >= 4 is 5.69 Å². The van der Waals surface area contributed by atoms with Gasteiger partial charge in [0.25, 0.3) is 0 Å². The normalized spacial score (nSPS) is 23.1. The second-order valence-electron chi connectivity index (χ2n) is 3.40. The molecule has 2 heterocycles. The van der Waals surface area contributed by atoms with E-state index in [4.69, 9.17) is 0 Å². The summed E-state index contributed by atoms with van der Waals surface area (Å²) in [6.45, 7) is 3.47. The van der Waals surface area contributed by atoms with Crippen LogP contribution in [-0.2, 0) is 0 Å². The van der Waals surface area contributed by atoms with Gasteiger partial charge in [0.1, 0.15) is 0 Å². The number of anilines is 1. The van der Waals surface area contributed by atoms with Gasteiger partial charge in [0, 0.05) is 18.8 Å². The highest BCUT2D eigenvalue weighted by Crippen LogP contribution is 2.23. The van der Waals surface area contributed by atoms with Gasteiger partial charge in [-0.25, -0.2) is 0 Å². The molecule has 0 bridgehead atoms. The fraction of sp³-hybridized carbons (Fsp3) is 0.500. The molecule has 0 aliphatic carbocycles. The molecule has 0 unspecified atom stereocenters. The molecule has 0 aromatic carbocycles. The second kappa shape index (κ2) is 3.13. The van der Waals surface area contributed by atoms with Crippen LogP contribution in [0.5, 0.6) is 0 Å². The smallest absolute Gasteiger partial charge is 0.0555 e. The molecular formula is C10H14N2. The topological polar surface area (TPSA) is 16.1 Å². The largest absolute Gasteiger partial charge is 0.368 e. The van der Waals surface area contributed by atoms with Crippen molar-refractivity contribution in [3.8, 4) is 0 Å². The van der Waals surface area contributed by atoms with Crippen LogP contribution in [0, 0.1) is 0 Å². The van der Waals surface area contributed by atoms with Crippen LogP contribution in [0.4, 0.5) is 5.69 Å². The van der Waals surface area contributed by atoms with Crippen LogP contribution in [-0.4, -0.2) is 17.6 Å². The molecular weight excluding hydrogens is 148 g/mol. The van der Waals surface area contributed by atoms with Crippen LogP contribution in [0.3, 0.4) is 0 Å². The van der Waals surface area contributed by atoms with Gasteiger partial charge in [-0.1, -0.05) is 0 Å². The molecule has 1 aliphatic rings. The minimum atomic E-state index is 0.689. The zero-order valence-corrected chi connectivity index (χ0v) is 7.40. The number of rotatable bonds is 1. The molecule has 12 heavy (non-hydrogen) atoms. The lowest BCUT2D eigenvalue weighted by Gasteiger charge is -2.22. The third-order valence-corrected chi connectivity index (χ3v) is 2.53. The summed E-state index contributed by atoms with van der Waals surface area (Å²) in [5, 5.41) is 0. The zero-order valence-electron chi connectivity index (χ0n) is 7.40. The molecule has 0 spiro atoms. The highest BCUT2D eigenvalue weighted by atomic mass is 15.2. The summed E-state index contributed by atoms with van der Waals surface area (Å²) in [6, 6.07) is 4.82. The van der Waals surface area contributed by atoms with E-state index in [1.54, 1.807) is 0 Å². The number of pyridine rings is 1. The van der Waals surface area contributed by atoms with Crippen molar-refractivity contribution < 1.29 is 0 Å². The van der Waals surface area contributed by atoms with Crippen LogP contribution in [0.2, 0.25) is 0 Å². The molecule has 0 amide bonds. The van der Waals surface area contributed by atoms with E-state index < -0.39 is 0 Å². The molecule has 1 aromatic rings. The standard InChI is InChI=1S/C10H14N2/c1-9-4-3-7-12(9)10-5-2-6-11-8-10/h2,5-6,8-9H,3-4,7H2,1H3/t9-/m0/s1. The Balaban J connectivity index is 2.19. The predicted molar refractivity (Wildman–Crippen MR) is 50.3 cm³/mol. The molecule has 2 rings (SSSR count). The van der Waals surface area contributed by atoms with E-state index in [0.717, 1.165) is 0 Å². The first-order valence-corrected chi connectivity index (χ1v) is 4.54. The SMILES string of the molecule is C[C@H]1CCCN1c1cccnc1. The van der Waals surface area contributed by atoms with Crippen LogP contribution in [0.1, 0.15) is 19.8 Å². The van der Waals surface area contributed by atoms with E-state index >= 15 is 0 Å². The van der Waals surface area contributed by atoms with Crippen LogP contribution < -0.4 is 4.90 Å². The molecule has 0 saturated carbocycles. The quantitative estimate of drug-likeness (QED) is 0.628. The van der Waals surface area contributed by atoms with Gasteiger partial charge in [0.15, 0.2) is 0 Å². The van der Waals surface area contributed by atoms with Crippen LogP contribution in [0.15, 0.2) is 24.5 Å². The number of hydrogen-bond donors (Lipinski definition) is 0. The first-order valence-electron chi connectivity index (χ1n) is 4.54. The lowest BCUT2D eigenvalue weighted by Crippen LogP contribution is -2.26. The monoisotopic (exact) mass is 162 g/mol. The van der Waals surface area contributed by atoms with Gasteiger partial charge in [0.05, 0.1) is 11.9 Å². The summed E-state index contributed by atoms with van der Waals surface area (Å²) >= 11 is 0. The second-order valence-corrected chi connectivity index (χ2v) is 3.40.